The summed E-state index contributed by atoms with van der Waals surface area (Å²) in [7, 11) is 0. The van der Waals surface area contributed by atoms with Crippen LogP contribution in [0.3, 0.4) is 0 Å². The highest BCUT2D eigenvalue weighted by Crippen LogP contribution is 2.39. The monoisotopic (exact) mass is 366 g/mol. The van der Waals surface area contributed by atoms with E-state index in [0.717, 1.165) is 49.7 Å². The Morgan fingerprint density at radius 3 is 2.48 bits per heavy atom. The molecule has 5 nitrogen and oxygen atoms in total. The molecule has 5 heteroatoms. The minimum atomic E-state index is -0.0546. The highest BCUT2D eigenvalue weighted by molar-refractivity contribution is 5.93. The summed E-state index contributed by atoms with van der Waals surface area (Å²) >= 11 is 0. The second-order valence-corrected chi connectivity index (χ2v) is 7.23. The second-order valence-electron chi connectivity index (χ2n) is 7.23. The maximum atomic E-state index is 12.1. The molecule has 2 aromatic carbocycles. The van der Waals surface area contributed by atoms with Crippen molar-refractivity contribution in [2.24, 2.45) is 0 Å². The van der Waals surface area contributed by atoms with Gasteiger partial charge in [0.2, 0.25) is 5.91 Å². The molecular weight excluding hydrogens is 340 g/mol. The lowest BCUT2D eigenvalue weighted by Crippen LogP contribution is -2.42. The number of carbonyl (C=O) groups is 1. The van der Waals surface area contributed by atoms with Crippen molar-refractivity contribution >= 4 is 17.3 Å². The number of hydrogen-bond acceptors (Lipinski definition) is 4. The Kier molecular flexibility index (Phi) is 5.03. The van der Waals surface area contributed by atoms with Crippen molar-refractivity contribution < 1.29 is 14.3 Å². The first-order chi connectivity index (χ1) is 13.1. The molecule has 0 aliphatic carbocycles. The summed E-state index contributed by atoms with van der Waals surface area (Å²) in [4.78, 5) is 16.3. The number of morpholine rings is 1. The van der Waals surface area contributed by atoms with Gasteiger partial charge in [-0.15, -0.1) is 0 Å². The molecule has 2 aliphatic heterocycles. The van der Waals surface area contributed by atoms with E-state index < -0.39 is 0 Å². The molecule has 2 heterocycles. The number of ether oxygens (including phenoxy) is 2. The van der Waals surface area contributed by atoms with Crippen LogP contribution in [0.1, 0.15) is 31.9 Å². The first kappa shape index (κ1) is 17.9. The van der Waals surface area contributed by atoms with Crippen LogP contribution < -0.4 is 14.5 Å². The SMILES string of the molecule is CC(=O)N1c2ccccc2C(Oc2ccc(N3CCOCC3)cc2)CC1C. The van der Waals surface area contributed by atoms with Crippen molar-refractivity contribution in [2.75, 3.05) is 36.1 Å². The van der Waals surface area contributed by atoms with Gasteiger partial charge in [-0.25, -0.2) is 0 Å². The van der Waals surface area contributed by atoms with E-state index in [0.29, 0.717) is 0 Å². The van der Waals surface area contributed by atoms with E-state index >= 15 is 0 Å². The zero-order valence-corrected chi connectivity index (χ0v) is 15.9. The number of carbonyl (C=O) groups excluding carboxylic acids is 1. The van der Waals surface area contributed by atoms with Gasteiger partial charge in [0.15, 0.2) is 0 Å². The first-order valence-corrected chi connectivity index (χ1v) is 9.61. The fraction of sp³-hybridized carbons (Fsp3) is 0.409. The standard InChI is InChI=1S/C22H26N2O3/c1-16-15-22(20-5-3-4-6-21(20)24(16)17(2)25)27-19-9-7-18(8-10-19)23-11-13-26-14-12-23/h3-10,16,22H,11-15H2,1-2H3. The lowest BCUT2D eigenvalue weighted by molar-refractivity contribution is -0.117. The van der Waals surface area contributed by atoms with Crippen LogP contribution >= 0.6 is 0 Å². The minimum Gasteiger partial charge on any atom is -0.486 e. The molecule has 0 saturated carbocycles. The number of amides is 1. The summed E-state index contributed by atoms with van der Waals surface area (Å²) in [6.45, 7) is 7.11. The molecule has 2 atom stereocenters. The third-order valence-corrected chi connectivity index (χ3v) is 5.37. The molecule has 0 aromatic heterocycles. The summed E-state index contributed by atoms with van der Waals surface area (Å²) in [6.07, 6.45) is 0.725. The molecule has 0 N–H and O–H groups in total. The van der Waals surface area contributed by atoms with Crippen LogP contribution in [0.15, 0.2) is 48.5 Å². The molecule has 0 spiro atoms. The van der Waals surface area contributed by atoms with Crippen molar-refractivity contribution in [3.05, 3.63) is 54.1 Å². The summed E-state index contributed by atoms with van der Waals surface area (Å²) in [6, 6.07) is 16.4. The van der Waals surface area contributed by atoms with Gasteiger partial charge in [0, 0.05) is 43.7 Å². The number of anilines is 2. The van der Waals surface area contributed by atoms with Gasteiger partial charge < -0.3 is 19.3 Å². The van der Waals surface area contributed by atoms with E-state index in [1.165, 1.54) is 5.69 Å². The van der Waals surface area contributed by atoms with E-state index in [1.54, 1.807) is 6.92 Å². The zero-order chi connectivity index (χ0) is 18.8. The molecule has 1 saturated heterocycles. The van der Waals surface area contributed by atoms with Gasteiger partial charge in [-0.05, 0) is 37.3 Å². The van der Waals surface area contributed by atoms with Crippen molar-refractivity contribution in [1.29, 1.82) is 0 Å². The van der Waals surface area contributed by atoms with Gasteiger partial charge in [0.05, 0.1) is 18.9 Å². The Hall–Kier alpha value is -2.53. The average molecular weight is 366 g/mol. The fourth-order valence-electron chi connectivity index (χ4n) is 4.07. The smallest absolute Gasteiger partial charge is 0.224 e. The molecule has 27 heavy (non-hydrogen) atoms. The van der Waals surface area contributed by atoms with Crippen molar-refractivity contribution in [3.8, 4) is 5.75 Å². The van der Waals surface area contributed by atoms with Crippen LogP contribution in [0.4, 0.5) is 11.4 Å². The van der Waals surface area contributed by atoms with E-state index in [-0.39, 0.29) is 18.1 Å². The zero-order valence-electron chi connectivity index (χ0n) is 15.9. The maximum absolute atomic E-state index is 12.1. The Morgan fingerprint density at radius 2 is 1.78 bits per heavy atom. The van der Waals surface area contributed by atoms with Crippen LogP contribution in [0.25, 0.3) is 0 Å². The third kappa shape index (κ3) is 3.65. The van der Waals surface area contributed by atoms with Crippen LogP contribution in [0.5, 0.6) is 5.75 Å². The van der Waals surface area contributed by atoms with E-state index in [4.69, 9.17) is 9.47 Å². The maximum Gasteiger partial charge on any atom is 0.224 e. The lowest BCUT2D eigenvalue weighted by atomic mass is 9.93. The Morgan fingerprint density at radius 1 is 1.07 bits per heavy atom. The van der Waals surface area contributed by atoms with Crippen molar-refractivity contribution in [2.45, 2.75) is 32.4 Å². The van der Waals surface area contributed by atoms with Gasteiger partial charge in [0.25, 0.3) is 0 Å². The average Bonchev–Trinajstić information content (AvgIpc) is 2.69. The molecule has 2 aliphatic rings. The van der Waals surface area contributed by atoms with Crippen LogP contribution in [-0.4, -0.2) is 38.3 Å². The van der Waals surface area contributed by atoms with Crippen molar-refractivity contribution in [1.82, 2.24) is 0 Å². The van der Waals surface area contributed by atoms with Gasteiger partial charge >= 0.3 is 0 Å². The number of rotatable bonds is 3. The van der Waals surface area contributed by atoms with Crippen LogP contribution in [0.2, 0.25) is 0 Å². The van der Waals surface area contributed by atoms with Crippen LogP contribution in [-0.2, 0) is 9.53 Å². The van der Waals surface area contributed by atoms with Crippen LogP contribution in [0, 0.1) is 0 Å². The summed E-state index contributed by atoms with van der Waals surface area (Å²) in [5.74, 6) is 0.929. The molecule has 2 aromatic rings. The topological polar surface area (TPSA) is 42.0 Å². The predicted octanol–water partition coefficient (Wildman–Crippen LogP) is 3.79. The highest BCUT2D eigenvalue weighted by atomic mass is 16.5. The quantitative estimate of drug-likeness (QED) is 0.829. The number of fused-ring (bicyclic) bond motifs is 1. The first-order valence-electron chi connectivity index (χ1n) is 9.61. The molecule has 1 amide bonds. The fourth-order valence-corrected chi connectivity index (χ4v) is 4.07. The third-order valence-electron chi connectivity index (χ3n) is 5.37. The normalized spacial score (nSPS) is 22.3. The summed E-state index contributed by atoms with van der Waals surface area (Å²) in [5, 5.41) is 0. The van der Waals surface area contributed by atoms with E-state index in [9.17, 15) is 4.79 Å². The Labute approximate surface area is 160 Å². The largest absolute Gasteiger partial charge is 0.486 e. The Balaban J connectivity index is 1.53. The van der Waals surface area contributed by atoms with Gasteiger partial charge in [-0.3, -0.25) is 4.79 Å². The van der Waals surface area contributed by atoms with Gasteiger partial charge in [-0.1, -0.05) is 18.2 Å². The Bertz CT molecular complexity index is 799. The van der Waals surface area contributed by atoms with E-state index in [1.807, 2.05) is 35.2 Å². The molecule has 2 unspecified atom stereocenters. The molecule has 0 bridgehead atoms. The lowest BCUT2D eigenvalue weighted by Gasteiger charge is -2.38. The second kappa shape index (κ2) is 7.61. The predicted molar refractivity (Wildman–Crippen MR) is 107 cm³/mol. The molecule has 4 rings (SSSR count). The summed E-state index contributed by atoms with van der Waals surface area (Å²) in [5.41, 5.74) is 3.23. The number of hydrogen-bond donors (Lipinski definition) is 0. The van der Waals surface area contributed by atoms with Crippen molar-refractivity contribution in [3.63, 3.8) is 0 Å². The molecule has 142 valence electrons. The summed E-state index contributed by atoms with van der Waals surface area (Å²) < 4.78 is 11.8. The van der Waals surface area contributed by atoms with E-state index in [2.05, 4.69) is 30.0 Å². The molecular formula is C22H26N2O3. The highest BCUT2D eigenvalue weighted by Gasteiger charge is 2.33. The number of para-hydroxylation sites is 1. The molecule has 1 fully saturated rings. The molecule has 0 radical (unpaired) electrons. The van der Waals surface area contributed by atoms with Gasteiger partial charge in [-0.2, -0.15) is 0 Å². The van der Waals surface area contributed by atoms with Gasteiger partial charge in [0.1, 0.15) is 11.9 Å². The number of nitrogens with zero attached hydrogens (tertiary/aromatic N) is 2. The minimum absolute atomic E-state index is 0.0546. The number of benzene rings is 2.